The van der Waals surface area contributed by atoms with Gasteiger partial charge in [0, 0.05) is 51.8 Å². The first-order chi connectivity index (χ1) is 31.3. The summed E-state index contributed by atoms with van der Waals surface area (Å²) in [5.74, 6) is 1.66. The van der Waals surface area contributed by atoms with Gasteiger partial charge in [-0.15, -0.1) is 0 Å². The number of para-hydroxylation sites is 1. The van der Waals surface area contributed by atoms with Crippen molar-refractivity contribution >= 4 is 22.6 Å². The third-order valence-electron chi connectivity index (χ3n) is 15.8. The van der Waals surface area contributed by atoms with Gasteiger partial charge >= 0.3 is 0 Å². The number of benzene rings is 4. The molecule has 1 heterocycles. The van der Waals surface area contributed by atoms with Crippen molar-refractivity contribution in [3.63, 3.8) is 0 Å². The fourth-order valence-corrected chi connectivity index (χ4v) is 13.2. The summed E-state index contributed by atoms with van der Waals surface area (Å²) in [4.78, 5) is 5.19. The van der Waals surface area contributed by atoms with Gasteiger partial charge in [0.05, 0.1) is 12.1 Å². The Labute approximate surface area is 372 Å². The van der Waals surface area contributed by atoms with Crippen LogP contribution in [0.2, 0.25) is 0 Å². The molecule has 2 nitrogen and oxygen atoms in total. The normalized spacial score (nSPS) is 29.0. The molecule has 306 valence electrons. The summed E-state index contributed by atoms with van der Waals surface area (Å²) in [5, 5.41) is 0. The zero-order chi connectivity index (χ0) is 41.5. The van der Waals surface area contributed by atoms with Gasteiger partial charge in [-0.25, -0.2) is 0 Å². The molecule has 63 heavy (non-hydrogen) atoms. The minimum atomic E-state index is -0.0766. The predicted molar refractivity (Wildman–Crippen MR) is 262 cm³/mol. The topological polar surface area (TPSA) is 6.48 Å². The summed E-state index contributed by atoms with van der Waals surface area (Å²) in [5.41, 5.74) is 19.8. The molecule has 2 heteroatoms. The third kappa shape index (κ3) is 5.63. The Morgan fingerprint density at radius 3 is 2.21 bits per heavy atom. The van der Waals surface area contributed by atoms with Gasteiger partial charge in [0.1, 0.15) is 0 Å². The summed E-state index contributed by atoms with van der Waals surface area (Å²) in [6.07, 6.45) is 48.2. The number of nitrogens with zero attached hydrogens (tertiary/aromatic N) is 2. The molecule has 4 aromatic rings. The molecule has 0 saturated heterocycles. The van der Waals surface area contributed by atoms with E-state index in [1.165, 1.54) is 57.0 Å². The summed E-state index contributed by atoms with van der Waals surface area (Å²) in [6, 6.07) is 38.7. The van der Waals surface area contributed by atoms with Crippen LogP contribution in [0.15, 0.2) is 240 Å². The standard InChI is InChI=1S/C61H52N2/c1-3-15-41(16-4-1)42-27-32-46(33-28-42)62(47-34-29-43(30-35-47)44-31-38-60-54(39-44)53-22-10-14-26-59(53)63(60)45-17-5-2-6-18-45)48-36-37-52-51-21-9-13-25-57(51)61(58(52)40-48)55-23-11-7-19-49(55)50-20-8-12-24-56(50)61/h1-7,9-12,14-19,21-24,26-34,36,38-40,47,49,52-53,55,59H,8,13,20,25,35,37H2. The first-order valence-corrected chi connectivity index (χ1v) is 23.5. The summed E-state index contributed by atoms with van der Waals surface area (Å²) < 4.78 is 0. The van der Waals surface area contributed by atoms with Gasteiger partial charge in [-0.05, 0) is 126 Å². The minimum Gasteiger partial charge on any atom is -0.335 e. The second-order valence-corrected chi connectivity index (χ2v) is 18.8. The van der Waals surface area contributed by atoms with Crippen LogP contribution in [0.1, 0.15) is 55.6 Å². The van der Waals surface area contributed by atoms with Crippen LogP contribution < -0.4 is 9.80 Å². The quantitative estimate of drug-likeness (QED) is 0.191. The van der Waals surface area contributed by atoms with Crippen molar-refractivity contribution in [3.05, 3.63) is 251 Å². The van der Waals surface area contributed by atoms with E-state index in [0.29, 0.717) is 23.7 Å². The van der Waals surface area contributed by atoms with E-state index in [1.54, 1.807) is 27.9 Å². The molecule has 0 amide bonds. The van der Waals surface area contributed by atoms with Gasteiger partial charge in [0.2, 0.25) is 0 Å². The summed E-state index contributed by atoms with van der Waals surface area (Å²) in [6.45, 7) is 0. The van der Waals surface area contributed by atoms with E-state index in [-0.39, 0.29) is 17.5 Å². The number of allylic oxidation sites excluding steroid dienone is 19. The fourth-order valence-electron chi connectivity index (χ4n) is 13.2. The fraction of sp³-hybridized carbons (Fsp3) is 0.213. The van der Waals surface area contributed by atoms with E-state index in [1.807, 2.05) is 0 Å². The molecule has 13 rings (SSSR count). The van der Waals surface area contributed by atoms with E-state index >= 15 is 0 Å². The van der Waals surface area contributed by atoms with Crippen LogP contribution in [-0.2, 0) is 0 Å². The number of fused-ring (bicyclic) bond motifs is 11. The number of anilines is 3. The molecule has 0 fully saturated rings. The van der Waals surface area contributed by atoms with E-state index in [2.05, 4.69) is 216 Å². The van der Waals surface area contributed by atoms with Gasteiger partial charge in [-0.1, -0.05) is 175 Å². The van der Waals surface area contributed by atoms with Crippen molar-refractivity contribution in [1.82, 2.24) is 0 Å². The predicted octanol–water partition coefficient (Wildman–Crippen LogP) is 14.8. The highest BCUT2D eigenvalue weighted by Gasteiger charge is 2.61. The molecule has 0 aromatic heterocycles. The Morgan fingerprint density at radius 2 is 1.37 bits per heavy atom. The van der Waals surface area contributed by atoms with Crippen LogP contribution in [0.4, 0.5) is 17.1 Å². The minimum absolute atomic E-state index is 0.0766. The highest BCUT2D eigenvalue weighted by atomic mass is 15.2. The molecule has 7 atom stereocenters. The van der Waals surface area contributed by atoms with E-state index in [4.69, 9.17) is 0 Å². The van der Waals surface area contributed by atoms with Gasteiger partial charge in [0.15, 0.2) is 0 Å². The van der Waals surface area contributed by atoms with Crippen LogP contribution in [0.5, 0.6) is 0 Å². The molecule has 4 aromatic carbocycles. The molecular weight excluding hydrogens is 761 g/mol. The van der Waals surface area contributed by atoms with Crippen molar-refractivity contribution in [2.45, 2.75) is 56.5 Å². The van der Waals surface area contributed by atoms with Crippen molar-refractivity contribution in [2.24, 2.45) is 23.2 Å². The van der Waals surface area contributed by atoms with Gasteiger partial charge in [-0.3, -0.25) is 0 Å². The molecule has 9 aliphatic rings. The molecule has 1 aliphatic heterocycles. The average molecular weight is 813 g/mol. The SMILES string of the molecule is C1=CC2C3=C(C=CCC3)C3(C4=CC(N(c5ccc(-c6ccccc6)cc5)C5C=CC(c6ccc7c(c6)C6C=CC=CC6N7c6ccccc6)=CC5)=CCC4C4=C3CCC=C4)C2C=C1. The van der Waals surface area contributed by atoms with Crippen LogP contribution in [0.3, 0.4) is 0 Å². The van der Waals surface area contributed by atoms with Crippen LogP contribution in [0, 0.1) is 23.2 Å². The van der Waals surface area contributed by atoms with Crippen molar-refractivity contribution in [3.8, 4) is 11.1 Å². The highest BCUT2D eigenvalue weighted by Crippen LogP contribution is 2.70. The number of hydrogen-bond acceptors (Lipinski definition) is 2. The number of hydrogen-bond donors (Lipinski definition) is 0. The van der Waals surface area contributed by atoms with Crippen LogP contribution in [-0.4, -0.2) is 12.1 Å². The zero-order valence-electron chi connectivity index (χ0n) is 35.7. The molecule has 0 saturated carbocycles. The van der Waals surface area contributed by atoms with Gasteiger partial charge in [0.25, 0.3) is 0 Å². The molecular formula is C61H52N2. The lowest BCUT2D eigenvalue weighted by atomic mass is 9.61. The monoisotopic (exact) mass is 812 g/mol. The van der Waals surface area contributed by atoms with Crippen molar-refractivity contribution in [1.29, 1.82) is 0 Å². The maximum Gasteiger partial charge on any atom is 0.0629 e. The molecule has 0 bridgehead atoms. The zero-order valence-corrected chi connectivity index (χ0v) is 35.7. The lowest BCUT2D eigenvalue weighted by Crippen LogP contribution is -2.37. The van der Waals surface area contributed by atoms with Crippen LogP contribution >= 0.6 is 0 Å². The highest BCUT2D eigenvalue weighted by molar-refractivity contribution is 5.82. The van der Waals surface area contributed by atoms with Crippen molar-refractivity contribution < 1.29 is 0 Å². The average Bonchev–Trinajstić information content (AvgIpc) is 3.96. The Bertz CT molecular complexity index is 2920. The molecule has 0 radical (unpaired) electrons. The van der Waals surface area contributed by atoms with Crippen molar-refractivity contribution in [2.75, 3.05) is 9.80 Å². The van der Waals surface area contributed by atoms with E-state index < -0.39 is 0 Å². The third-order valence-corrected chi connectivity index (χ3v) is 15.8. The second kappa shape index (κ2) is 14.7. The van der Waals surface area contributed by atoms with Crippen LogP contribution in [0.25, 0.3) is 16.7 Å². The lowest BCUT2D eigenvalue weighted by molar-refractivity contribution is 0.355. The molecule has 1 spiro atoms. The summed E-state index contributed by atoms with van der Waals surface area (Å²) in [7, 11) is 0. The summed E-state index contributed by atoms with van der Waals surface area (Å²) >= 11 is 0. The van der Waals surface area contributed by atoms with Gasteiger partial charge < -0.3 is 9.80 Å². The Morgan fingerprint density at radius 1 is 0.619 bits per heavy atom. The first-order valence-electron chi connectivity index (χ1n) is 23.5. The largest absolute Gasteiger partial charge is 0.335 e. The Balaban J connectivity index is 0.886. The Hall–Kier alpha value is -6.64. The Kier molecular flexibility index (Phi) is 8.65. The number of rotatable bonds is 6. The van der Waals surface area contributed by atoms with Gasteiger partial charge in [-0.2, -0.15) is 0 Å². The maximum atomic E-state index is 2.68. The molecule has 7 unspecified atom stereocenters. The maximum absolute atomic E-state index is 2.68. The molecule has 0 N–H and O–H groups in total. The smallest absolute Gasteiger partial charge is 0.0629 e. The second-order valence-electron chi connectivity index (χ2n) is 18.8. The lowest BCUT2D eigenvalue weighted by Gasteiger charge is -2.43. The molecule has 8 aliphatic carbocycles. The van der Waals surface area contributed by atoms with E-state index in [9.17, 15) is 0 Å². The van der Waals surface area contributed by atoms with E-state index in [0.717, 1.165) is 32.1 Å². The first kappa shape index (κ1) is 37.0.